The first-order valence-corrected chi connectivity index (χ1v) is 9.93. The van der Waals surface area contributed by atoms with Crippen LogP contribution in [0.1, 0.15) is 18.3 Å². The van der Waals surface area contributed by atoms with Crippen LogP contribution in [0.3, 0.4) is 0 Å². The number of aromatic nitrogens is 2. The second-order valence-corrected chi connectivity index (χ2v) is 7.72. The van der Waals surface area contributed by atoms with Crippen molar-refractivity contribution in [1.29, 1.82) is 0 Å². The number of hydrogen-bond donors (Lipinski definition) is 3. The van der Waals surface area contributed by atoms with Gasteiger partial charge in [0, 0.05) is 37.3 Å². The van der Waals surface area contributed by atoms with Gasteiger partial charge in [0.05, 0.1) is 49.2 Å². The lowest BCUT2D eigenvalue weighted by Gasteiger charge is -2.31. The summed E-state index contributed by atoms with van der Waals surface area (Å²) in [5, 5.41) is 12.6. The highest BCUT2D eigenvalue weighted by molar-refractivity contribution is 6.24. The van der Waals surface area contributed by atoms with Crippen LogP contribution in [0.15, 0.2) is 30.7 Å². The van der Waals surface area contributed by atoms with E-state index in [0.717, 1.165) is 29.8 Å². The first-order chi connectivity index (χ1) is 14.9. The van der Waals surface area contributed by atoms with E-state index in [1.54, 1.807) is 0 Å². The van der Waals surface area contributed by atoms with Gasteiger partial charge in [-0.2, -0.15) is 0 Å². The molecule has 3 heterocycles. The van der Waals surface area contributed by atoms with Crippen molar-refractivity contribution in [2.24, 2.45) is 5.73 Å². The van der Waals surface area contributed by atoms with Gasteiger partial charge in [0.25, 0.3) is 5.91 Å². The number of nitrogens with zero attached hydrogens (tertiary/aromatic N) is 3. The lowest BCUT2D eigenvalue weighted by atomic mass is 9.99. The number of carbonyl (C=O) groups is 1. The Morgan fingerprint density at radius 2 is 2.06 bits per heavy atom. The highest BCUT2D eigenvalue weighted by Gasteiger charge is 2.35. The fraction of sp³-hybridized carbons (Fsp3) is 0.381. The molecule has 31 heavy (non-hydrogen) atoms. The maximum atomic E-state index is 13.2. The summed E-state index contributed by atoms with van der Waals surface area (Å²) in [5.41, 5.74) is 7.17. The number of morpholine rings is 1. The number of ether oxygens (including phenoxy) is 2. The molecule has 0 saturated carbocycles. The van der Waals surface area contributed by atoms with Crippen molar-refractivity contribution >= 4 is 22.9 Å². The Morgan fingerprint density at radius 3 is 2.71 bits per heavy atom. The van der Waals surface area contributed by atoms with E-state index in [2.05, 4.69) is 20.2 Å². The number of rotatable bonds is 5. The van der Waals surface area contributed by atoms with Crippen LogP contribution < -0.4 is 20.7 Å². The third-order valence-corrected chi connectivity index (χ3v) is 5.31. The minimum Gasteiger partial charge on any atom is -0.484 e. The van der Waals surface area contributed by atoms with Crippen LogP contribution in [0.4, 0.5) is 15.8 Å². The lowest BCUT2D eigenvalue weighted by Crippen LogP contribution is -2.37. The summed E-state index contributed by atoms with van der Waals surface area (Å²) in [4.78, 5) is 22.8. The summed E-state index contributed by atoms with van der Waals surface area (Å²) < 4.78 is 24.6. The fourth-order valence-corrected chi connectivity index (χ4v) is 3.70. The third-order valence-electron chi connectivity index (χ3n) is 5.31. The van der Waals surface area contributed by atoms with Crippen molar-refractivity contribution in [3.63, 3.8) is 0 Å². The fourth-order valence-electron chi connectivity index (χ4n) is 3.70. The third kappa shape index (κ3) is 4.30. The minimum atomic E-state index is -0.711. The van der Waals surface area contributed by atoms with Crippen LogP contribution in [0, 0.1) is 5.82 Å². The monoisotopic (exact) mass is 429 g/mol. The van der Waals surface area contributed by atoms with Crippen molar-refractivity contribution in [1.82, 2.24) is 9.97 Å². The van der Waals surface area contributed by atoms with Crippen LogP contribution in [0.2, 0.25) is 0 Å². The molecule has 0 spiro atoms. The topological polar surface area (TPSA) is 123 Å². The zero-order chi connectivity index (χ0) is 22.0. The molecule has 9 nitrogen and oxygen atoms in total. The molecule has 2 aliphatic rings. The van der Waals surface area contributed by atoms with Gasteiger partial charge in [0.15, 0.2) is 11.6 Å². The average molecular weight is 429 g/mol. The zero-order valence-corrected chi connectivity index (χ0v) is 17.1. The molecular weight excluding hydrogens is 405 g/mol. The molecule has 0 bridgehead atoms. The molecule has 0 radical (unpaired) electrons. The molecule has 1 saturated heterocycles. The van der Waals surface area contributed by atoms with Gasteiger partial charge in [0.1, 0.15) is 11.4 Å². The Bertz CT molecular complexity index is 1010. The van der Waals surface area contributed by atoms with Crippen molar-refractivity contribution in [2.75, 3.05) is 43.1 Å². The molecular formula is C21H24FN5O4. The summed E-state index contributed by atoms with van der Waals surface area (Å²) in [6.45, 7) is 4.15. The molecule has 1 amide bonds. The van der Waals surface area contributed by atoms with Gasteiger partial charge in [-0.05, 0) is 13.0 Å². The Morgan fingerprint density at radius 1 is 1.35 bits per heavy atom. The predicted octanol–water partition coefficient (Wildman–Crippen LogP) is 1.08. The van der Waals surface area contributed by atoms with Crippen LogP contribution in [-0.2, 0) is 16.0 Å². The molecule has 2 aromatic rings. The number of halogens is 1. The molecule has 164 valence electrons. The highest BCUT2D eigenvalue weighted by atomic mass is 19.1. The lowest BCUT2D eigenvalue weighted by molar-refractivity contribution is -0.111. The van der Waals surface area contributed by atoms with Gasteiger partial charge >= 0.3 is 0 Å². The van der Waals surface area contributed by atoms with E-state index in [1.807, 2.05) is 19.1 Å². The van der Waals surface area contributed by atoms with Gasteiger partial charge in [-0.25, -0.2) is 14.4 Å². The number of fused-ring (bicyclic) bond motifs is 1. The number of amides is 1. The second-order valence-electron chi connectivity index (χ2n) is 7.72. The van der Waals surface area contributed by atoms with Crippen LogP contribution in [0.25, 0.3) is 5.57 Å². The summed E-state index contributed by atoms with van der Waals surface area (Å²) >= 11 is 0. The quantitative estimate of drug-likeness (QED) is 0.604. The summed E-state index contributed by atoms with van der Waals surface area (Å²) in [6, 6.07) is 3.72. The summed E-state index contributed by atoms with van der Waals surface area (Å²) in [6.07, 6.45) is 3.55. The van der Waals surface area contributed by atoms with Crippen LogP contribution in [-0.4, -0.2) is 59.5 Å². The van der Waals surface area contributed by atoms with E-state index in [-0.39, 0.29) is 18.0 Å². The van der Waals surface area contributed by atoms with Gasteiger partial charge in [0.2, 0.25) is 0 Å². The van der Waals surface area contributed by atoms with E-state index < -0.39 is 17.3 Å². The largest absolute Gasteiger partial charge is 0.484 e. The second kappa shape index (κ2) is 8.48. The molecule has 0 unspecified atom stereocenters. The first kappa shape index (κ1) is 21.0. The van der Waals surface area contributed by atoms with Gasteiger partial charge in [-0.1, -0.05) is 0 Å². The van der Waals surface area contributed by atoms with E-state index in [4.69, 9.17) is 15.2 Å². The SMILES string of the molecule is C[C@@]1(CO)Cc2cc(NC(=O)/C(=C/N)c3ncc(F)cn3)c(N3CCOCC3)cc2O1. The number of aliphatic hydroxyl groups is 1. The number of nitrogens with one attached hydrogen (secondary N) is 1. The Balaban J connectivity index is 1.67. The van der Waals surface area contributed by atoms with Gasteiger partial charge in [-0.3, -0.25) is 4.79 Å². The van der Waals surface area contributed by atoms with Gasteiger partial charge in [-0.15, -0.1) is 0 Å². The van der Waals surface area contributed by atoms with E-state index in [9.17, 15) is 14.3 Å². The molecule has 4 rings (SSSR count). The van der Waals surface area contributed by atoms with E-state index in [1.165, 1.54) is 0 Å². The Labute approximate surface area is 178 Å². The van der Waals surface area contributed by atoms with Crippen LogP contribution in [0.5, 0.6) is 5.75 Å². The summed E-state index contributed by atoms with van der Waals surface area (Å²) in [5.74, 6) is -0.438. The number of benzene rings is 1. The van der Waals surface area contributed by atoms with Crippen molar-refractivity contribution < 1.29 is 23.8 Å². The maximum absolute atomic E-state index is 13.2. The molecule has 1 fully saturated rings. The summed E-state index contributed by atoms with van der Waals surface area (Å²) in [7, 11) is 0. The van der Waals surface area contributed by atoms with Gasteiger partial charge < -0.3 is 30.5 Å². The molecule has 2 aliphatic heterocycles. The predicted molar refractivity (Wildman–Crippen MR) is 112 cm³/mol. The molecule has 4 N–H and O–H groups in total. The highest BCUT2D eigenvalue weighted by Crippen LogP contribution is 2.42. The number of aliphatic hydroxyl groups excluding tert-OH is 1. The Kier molecular flexibility index (Phi) is 5.75. The van der Waals surface area contributed by atoms with E-state index >= 15 is 0 Å². The molecule has 1 atom stereocenters. The van der Waals surface area contributed by atoms with Crippen molar-refractivity contribution in [2.45, 2.75) is 18.9 Å². The first-order valence-electron chi connectivity index (χ1n) is 9.93. The number of anilines is 2. The molecule has 10 heteroatoms. The molecule has 1 aromatic heterocycles. The normalized spacial score (nSPS) is 20.9. The van der Waals surface area contributed by atoms with Crippen molar-refractivity contribution in [3.05, 3.63) is 47.9 Å². The standard InChI is InChI=1S/C21H24FN5O4/c1-21(12-28)8-13-6-16(17(7-18(13)31-21)27-2-4-30-5-3-27)26-20(29)15(9-23)19-24-10-14(22)11-25-19/h6-7,9-11,28H,2-5,8,12,23H2,1H3,(H,26,29)/b15-9+/t21-/m0/s1. The number of hydrogen-bond acceptors (Lipinski definition) is 8. The number of carbonyl (C=O) groups excluding carboxylic acids is 1. The van der Waals surface area contributed by atoms with E-state index in [0.29, 0.717) is 44.2 Å². The number of nitrogens with two attached hydrogens (primary N) is 1. The zero-order valence-electron chi connectivity index (χ0n) is 17.1. The minimum absolute atomic E-state index is 0.0184. The molecule has 1 aromatic carbocycles. The molecule has 0 aliphatic carbocycles. The maximum Gasteiger partial charge on any atom is 0.261 e. The van der Waals surface area contributed by atoms with Crippen LogP contribution >= 0.6 is 0 Å². The van der Waals surface area contributed by atoms with Crippen molar-refractivity contribution in [3.8, 4) is 5.75 Å². The Hall–Kier alpha value is -3.24. The smallest absolute Gasteiger partial charge is 0.261 e. The average Bonchev–Trinajstić information content (AvgIpc) is 3.11.